The third-order valence-electron chi connectivity index (χ3n) is 8.49. The number of hydrogen-bond donors (Lipinski definition) is 1. The molecule has 0 radical (unpaired) electrons. The standard InChI is InChI=1S/C40H44O7/c1-3-6-32-7-4-5-8-40(32)47-23-33(41)22-42-34-17-11-30(12-18-34)39(31-13-19-36(20-14-31)44-25-38-27-46-38)21-28(2)29-9-15-35(16-10-29)43-24-37-26-45-37/h3-5,7-20,28,33,37-39,41H,1,6,21-27H2,2H3. The molecular weight excluding hydrogens is 592 g/mol. The van der Waals surface area contributed by atoms with E-state index in [9.17, 15) is 5.11 Å². The summed E-state index contributed by atoms with van der Waals surface area (Å²) in [4.78, 5) is 0. The number of hydrogen-bond acceptors (Lipinski definition) is 7. The number of rotatable bonds is 19. The molecule has 1 N–H and O–H groups in total. The van der Waals surface area contributed by atoms with Crippen LogP contribution in [0.15, 0.2) is 110 Å². The van der Waals surface area contributed by atoms with Gasteiger partial charge in [0.2, 0.25) is 0 Å². The Morgan fingerprint density at radius 3 is 1.72 bits per heavy atom. The normalized spacial score (nSPS) is 18.4. The molecule has 4 aromatic carbocycles. The van der Waals surface area contributed by atoms with Crippen molar-refractivity contribution < 1.29 is 33.5 Å². The summed E-state index contributed by atoms with van der Waals surface area (Å²) >= 11 is 0. The third-order valence-corrected chi connectivity index (χ3v) is 8.49. The van der Waals surface area contributed by atoms with Crippen LogP contribution in [0.4, 0.5) is 0 Å². The lowest BCUT2D eigenvalue weighted by Gasteiger charge is -2.23. The number of epoxide rings is 2. The Labute approximate surface area is 277 Å². The molecule has 4 aromatic rings. The Balaban J connectivity index is 1.09. The van der Waals surface area contributed by atoms with E-state index in [1.807, 2.05) is 66.7 Å². The second-order valence-corrected chi connectivity index (χ2v) is 12.3. The van der Waals surface area contributed by atoms with Crippen molar-refractivity contribution in [3.05, 3.63) is 132 Å². The molecule has 7 heteroatoms. The van der Waals surface area contributed by atoms with Crippen molar-refractivity contribution >= 4 is 0 Å². The van der Waals surface area contributed by atoms with Gasteiger partial charge in [0.05, 0.1) is 13.2 Å². The lowest BCUT2D eigenvalue weighted by atomic mass is 9.82. The summed E-state index contributed by atoms with van der Waals surface area (Å²) in [5.74, 6) is 3.61. The largest absolute Gasteiger partial charge is 0.491 e. The fraction of sp³-hybridized carbons (Fsp3) is 0.350. The molecule has 0 aliphatic carbocycles. The molecule has 5 unspecified atom stereocenters. The van der Waals surface area contributed by atoms with E-state index >= 15 is 0 Å². The quantitative estimate of drug-likeness (QED) is 0.0868. The molecule has 2 aliphatic heterocycles. The predicted molar refractivity (Wildman–Crippen MR) is 182 cm³/mol. The Morgan fingerprint density at radius 1 is 0.702 bits per heavy atom. The zero-order valence-electron chi connectivity index (χ0n) is 27.0. The molecule has 7 nitrogen and oxygen atoms in total. The van der Waals surface area contributed by atoms with E-state index in [1.165, 1.54) is 16.7 Å². The van der Waals surface area contributed by atoms with E-state index in [-0.39, 0.29) is 31.3 Å². The average molecular weight is 637 g/mol. The topological polar surface area (TPSA) is 82.2 Å². The monoisotopic (exact) mass is 636 g/mol. The summed E-state index contributed by atoms with van der Waals surface area (Å²) in [6.07, 6.45) is 3.14. The smallest absolute Gasteiger partial charge is 0.122 e. The Kier molecular flexibility index (Phi) is 11.1. The van der Waals surface area contributed by atoms with Crippen LogP contribution in [0, 0.1) is 0 Å². The van der Waals surface area contributed by atoms with Gasteiger partial charge in [-0.3, -0.25) is 0 Å². The Hall–Kier alpha value is -4.30. The number of aliphatic hydroxyl groups excluding tert-OH is 1. The highest BCUT2D eigenvalue weighted by molar-refractivity contribution is 5.40. The van der Waals surface area contributed by atoms with E-state index in [0.717, 1.165) is 42.4 Å². The molecule has 0 saturated carbocycles. The number of ether oxygens (including phenoxy) is 6. The first-order valence-corrected chi connectivity index (χ1v) is 16.4. The van der Waals surface area contributed by atoms with Crippen molar-refractivity contribution in [2.45, 2.75) is 49.9 Å². The van der Waals surface area contributed by atoms with Crippen molar-refractivity contribution in [3.63, 3.8) is 0 Å². The maximum atomic E-state index is 10.6. The van der Waals surface area contributed by atoms with Crippen LogP contribution in [0.3, 0.4) is 0 Å². The maximum absolute atomic E-state index is 10.6. The van der Waals surface area contributed by atoms with Crippen molar-refractivity contribution in [2.75, 3.05) is 39.6 Å². The van der Waals surface area contributed by atoms with Crippen LogP contribution in [0.5, 0.6) is 23.0 Å². The summed E-state index contributed by atoms with van der Waals surface area (Å²) in [6, 6.07) is 32.8. The fourth-order valence-electron chi connectivity index (χ4n) is 5.54. The number of benzene rings is 4. The van der Waals surface area contributed by atoms with Crippen molar-refractivity contribution in [3.8, 4) is 23.0 Å². The minimum absolute atomic E-state index is 0.129. The molecule has 0 amide bonds. The van der Waals surface area contributed by atoms with Crippen molar-refractivity contribution in [1.82, 2.24) is 0 Å². The zero-order chi connectivity index (χ0) is 32.4. The van der Waals surface area contributed by atoms with Crippen LogP contribution in [0.1, 0.15) is 47.4 Å². The Bertz CT molecular complexity index is 1540. The lowest BCUT2D eigenvalue weighted by Crippen LogP contribution is -2.25. The van der Waals surface area contributed by atoms with Crippen LogP contribution in [-0.2, 0) is 15.9 Å². The van der Waals surface area contributed by atoms with Gasteiger partial charge in [0.25, 0.3) is 0 Å². The maximum Gasteiger partial charge on any atom is 0.122 e. The highest BCUT2D eigenvalue weighted by Gasteiger charge is 2.24. The van der Waals surface area contributed by atoms with Gasteiger partial charge in [-0.2, -0.15) is 0 Å². The van der Waals surface area contributed by atoms with Gasteiger partial charge in [-0.25, -0.2) is 0 Å². The summed E-state index contributed by atoms with van der Waals surface area (Å²) in [5, 5.41) is 10.6. The molecule has 2 fully saturated rings. The van der Waals surface area contributed by atoms with E-state index in [2.05, 4.69) is 49.9 Å². The number of allylic oxidation sites excluding steroid dienone is 1. The molecule has 47 heavy (non-hydrogen) atoms. The number of para-hydroxylation sites is 1. The van der Waals surface area contributed by atoms with Gasteiger partial charge in [-0.05, 0) is 83.5 Å². The average Bonchev–Trinajstić information content (AvgIpc) is 4.05. The first kappa shape index (κ1) is 32.6. The summed E-state index contributed by atoms with van der Waals surface area (Å²) in [6.45, 7) is 9.09. The minimum atomic E-state index is -0.772. The molecule has 6 rings (SSSR count). The van der Waals surface area contributed by atoms with Crippen LogP contribution in [0.2, 0.25) is 0 Å². The van der Waals surface area contributed by atoms with Crippen LogP contribution in [0.25, 0.3) is 0 Å². The van der Waals surface area contributed by atoms with Gasteiger partial charge in [-0.1, -0.05) is 67.6 Å². The van der Waals surface area contributed by atoms with Gasteiger partial charge in [0.15, 0.2) is 0 Å². The summed E-state index contributed by atoms with van der Waals surface area (Å²) < 4.78 is 34.1. The second kappa shape index (κ2) is 16.0. The van der Waals surface area contributed by atoms with Gasteiger partial charge in [0, 0.05) is 5.92 Å². The van der Waals surface area contributed by atoms with Crippen LogP contribution >= 0.6 is 0 Å². The van der Waals surface area contributed by atoms with E-state index < -0.39 is 6.10 Å². The molecular formula is C40H44O7. The minimum Gasteiger partial charge on any atom is -0.491 e. The first-order valence-electron chi connectivity index (χ1n) is 16.4. The van der Waals surface area contributed by atoms with Gasteiger partial charge in [0.1, 0.15) is 67.7 Å². The molecule has 0 bridgehead atoms. The third kappa shape index (κ3) is 9.85. The molecule has 5 atom stereocenters. The molecule has 0 aromatic heterocycles. The fourth-order valence-corrected chi connectivity index (χ4v) is 5.54. The van der Waals surface area contributed by atoms with E-state index in [1.54, 1.807) is 0 Å². The van der Waals surface area contributed by atoms with E-state index in [4.69, 9.17) is 28.4 Å². The molecule has 2 heterocycles. The first-order chi connectivity index (χ1) is 23.0. The Morgan fingerprint density at radius 2 is 1.19 bits per heavy atom. The van der Waals surface area contributed by atoms with E-state index in [0.29, 0.717) is 31.3 Å². The predicted octanol–water partition coefficient (Wildman–Crippen LogP) is 7.11. The van der Waals surface area contributed by atoms with Gasteiger partial charge in [-0.15, -0.1) is 6.58 Å². The highest BCUT2D eigenvalue weighted by Crippen LogP contribution is 2.37. The van der Waals surface area contributed by atoms with Crippen LogP contribution < -0.4 is 18.9 Å². The van der Waals surface area contributed by atoms with Crippen molar-refractivity contribution in [1.29, 1.82) is 0 Å². The van der Waals surface area contributed by atoms with Crippen LogP contribution in [-0.4, -0.2) is 63.1 Å². The second-order valence-electron chi connectivity index (χ2n) is 12.3. The molecule has 2 saturated heterocycles. The SMILES string of the molecule is C=CCc1ccccc1OCC(O)COc1ccc(C(CC(C)c2ccc(OCC3CO3)cc2)c2ccc(OCC3CO3)cc2)cc1. The number of aliphatic hydroxyl groups is 1. The molecule has 246 valence electrons. The lowest BCUT2D eigenvalue weighted by molar-refractivity contribution is 0.0623. The van der Waals surface area contributed by atoms with Gasteiger partial charge < -0.3 is 33.5 Å². The molecule has 0 spiro atoms. The van der Waals surface area contributed by atoms with Crippen molar-refractivity contribution in [2.24, 2.45) is 0 Å². The zero-order valence-corrected chi connectivity index (χ0v) is 27.0. The van der Waals surface area contributed by atoms with Gasteiger partial charge >= 0.3 is 0 Å². The summed E-state index contributed by atoms with van der Waals surface area (Å²) in [7, 11) is 0. The molecule has 2 aliphatic rings. The summed E-state index contributed by atoms with van der Waals surface area (Å²) in [5.41, 5.74) is 4.71. The highest BCUT2D eigenvalue weighted by atomic mass is 16.6.